The lowest BCUT2D eigenvalue weighted by Crippen LogP contribution is -2.31. The molecule has 0 heterocycles. The largest absolute Gasteiger partial charge is 0.352 e. The summed E-state index contributed by atoms with van der Waals surface area (Å²) in [5.74, 6) is -0.650. The Bertz CT molecular complexity index is 379. The molecule has 2 amide bonds. The van der Waals surface area contributed by atoms with Gasteiger partial charge in [-0.05, 0) is 18.1 Å². The first-order valence-electron chi connectivity index (χ1n) is 5.39. The van der Waals surface area contributed by atoms with Crippen LogP contribution >= 0.6 is 0 Å². The molecule has 0 fully saturated rings. The molecule has 1 unspecified atom stereocenters. The van der Waals surface area contributed by atoms with Crippen LogP contribution in [-0.2, 0) is 4.79 Å². The Labute approximate surface area is 99.8 Å². The fraction of sp³-hybridized carbons (Fsp3) is 0.333. The fourth-order valence-electron chi connectivity index (χ4n) is 1.39. The molecule has 92 valence electrons. The molecule has 17 heavy (non-hydrogen) atoms. The van der Waals surface area contributed by atoms with E-state index in [0.717, 1.165) is 0 Å². The van der Waals surface area contributed by atoms with E-state index in [1.807, 2.05) is 13.0 Å². The van der Waals surface area contributed by atoms with Gasteiger partial charge in [0.15, 0.2) is 0 Å². The molecular formula is C12H16N2O3. The number of nitrogens with one attached hydrogen (secondary N) is 2. The third-order valence-electron chi connectivity index (χ3n) is 2.31. The number of hydrogen-bond acceptors (Lipinski definition) is 3. The maximum Gasteiger partial charge on any atom is 0.251 e. The summed E-state index contributed by atoms with van der Waals surface area (Å²) in [6, 6.07) is 8.86. The third-order valence-corrected chi connectivity index (χ3v) is 2.31. The van der Waals surface area contributed by atoms with E-state index in [0.29, 0.717) is 12.1 Å². The van der Waals surface area contributed by atoms with Crippen molar-refractivity contribution in [2.45, 2.75) is 13.3 Å². The Hall–Kier alpha value is -1.88. The van der Waals surface area contributed by atoms with Crippen molar-refractivity contribution in [2.75, 3.05) is 6.54 Å². The molecule has 1 rings (SSSR count). The van der Waals surface area contributed by atoms with Gasteiger partial charge in [0.2, 0.25) is 5.91 Å². The summed E-state index contributed by atoms with van der Waals surface area (Å²) in [5, 5.41) is 11.1. The third kappa shape index (κ3) is 4.65. The topological polar surface area (TPSA) is 78.4 Å². The number of carbonyl (C=O) groups is 2. The van der Waals surface area contributed by atoms with Gasteiger partial charge in [-0.3, -0.25) is 14.8 Å². The lowest BCUT2D eigenvalue weighted by molar-refractivity contribution is -0.130. The summed E-state index contributed by atoms with van der Waals surface area (Å²) in [5.41, 5.74) is 2.15. The second-order valence-corrected chi connectivity index (χ2v) is 3.92. The highest BCUT2D eigenvalue weighted by Crippen LogP contribution is 2.02. The normalized spacial score (nSPS) is 11.6. The highest BCUT2D eigenvalue weighted by molar-refractivity contribution is 5.94. The predicted molar refractivity (Wildman–Crippen MR) is 62.5 cm³/mol. The van der Waals surface area contributed by atoms with Gasteiger partial charge >= 0.3 is 0 Å². The second kappa shape index (κ2) is 6.65. The molecule has 1 aromatic rings. The summed E-state index contributed by atoms with van der Waals surface area (Å²) < 4.78 is 0. The van der Waals surface area contributed by atoms with Crippen LogP contribution in [-0.4, -0.2) is 23.6 Å². The minimum absolute atomic E-state index is 0.0326. The van der Waals surface area contributed by atoms with E-state index < -0.39 is 5.91 Å². The second-order valence-electron chi connectivity index (χ2n) is 3.92. The summed E-state index contributed by atoms with van der Waals surface area (Å²) >= 11 is 0. The molecule has 0 saturated heterocycles. The zero-order valence-electron chi connectivity index (χ0n) is 9.64. The molecule has 0 saturated carbocycles. The Morgan fingerprint density at radius 1 is 1.29 bits per heavy atom. The highest BCUT2D eigenvalue weighted by atomic mass is 16.5. The summed E-state index contributed by atoms with van der Waals surface area (Å²) in [6.45, 7) is 2.21. The van der Waals surface area contributed by atoms with Gasteiger partial charge < -0.3 is 5.32 Å². The van der Waals surface area contributed by atoms with Crippen LogP contribution in [0.4, 0.5) is 0 Å². The van der Waals surface area contributed by atoms with Crippen LogP contribution in [0.3, 0.4) is 0 Å². The van der Waals surface area contributed by atoms with Crippen molar-refractivity contribution in [1.82, 2.24) is 10.8 Å². The lowest BCUT2D eigenvalue weighted by atomic mass is 10.1. The van der Waals surface area contributed by atoms with Crippen molar-refractivity contribution in [3.05, 3.63) is 35.9 Å². The molecule has 0 aliphatic heterocycles. The Morgan fingerprint density at radius 2 is 1.94 bits per heavy atom. The molecule has 0 aromatic heterocycles. The minimum atomic E-state index is -0.452. The Balaban J connectivity index is 2.36. The molecule has 5 heteroatoms. The van der Waals surface area contributed by atoms with Gasteiger partial charge in [0.25, 0.3) is 5.91 Å². The first kappa shape index (κ1) is 13.2. The minimum Gasteiger partial charge on any atom is -0.352 e. The van der Waals surface area contributed by atoms with Gasteiger partial charge in [-0.15, -0.1) is 0 Å². The van der Waals surface area contributed by atoms with Crippen molar-refractivity contribution in [3.8, 4) is 0 Å². The van der Waals surface area contributed by atoms with Crippen molar-refractivity contribution in [1.29, 1.82) is 0 Å². The van der Waals surface area contributed by atoms with Crippen LogP contribution in [0.1, 0.15) is 23.7 Å². The number of carbonyl (C=O) groups excluding carboxylic acids is 2. The van der Waals surface area contributed by atoms with Crippen molar-refractivity contribution in [2.24, 2.45) is 5.92 Å². The average molecular weight is 236 g/mol. The van der Waals surface area contributed by atoms with Crippen LogP contribution in [0.2, 0.25) is 0 Å². The number of hydrogen-bond donors (Lipinski definition) is 3. The van der Waals surface area contributed by atoms with Crippen LogP contribution in [0.5, 0.6) is 0 Å². The standard InChI is InChI=1S/C12H16N2O3/c1-9(7-11(15)14-17)8-13-12(16)10-5-3-2-4-6-10/h2-6,9,17H,7-8H2,1H3,(H,13,16)(H,14,15). The van der Waals surface area contributed by atoms with Crippen molar-refractivity contribution < 1.29 is 14.8 Å². The quantitative estimate of drug-likeness (QED) is 0.526. The molecule has 0 bridgehead atoms. The molecule has 0 aliphatic rings. The SMILES string of the molecule is CC(CNC(=O)c1ccccc1)CC(=O)NO. The van der Waals surface area contributed by atoms with Gasteiger partial charge in [-0.1, -0.05) is 25.1 Å². The van der Waals surface area contributed by atoms with Crippen LogP contribution in [0.25, 0.3) is 0 Å². The van der Waals surface area contributed by atoms with Crippen LogP contribution < -0.4 is 10.8 Å². The number of amides is 2. The van der Waals surface area contributed by atoms with E-state index in [-0.39, 0.29) is 18.2 Å². The molecular weight excluding hydrogens is 220 g/mol. The molecule has 0 aliphatic carbocycles. The van der Waals surface area contributed by atoms with Gasteiger partial charge in [0.1, 0.15) is 0 Å². The van der Waals surface area contributed by atoms with E-state index in [2.05, 4.69) is 5.32 Å². The molecule has 1 atom stereocenters. The van der Waals surface area contributed by atoms with Crippen LogP contribution in [0, 0.1) is 5.92 Å². The fourth-order valence-corrected chi connectivity index (χ4v) is 1.39. The van der Waals surface area contributed by atoms with E-state index in [9.17, 15) is 9.59 Å². The summed E-state index contributed by atoms with van der Waals surface area (Å²) in [7, 11) is 0. The molecule has 5 nitrogen and oxygen atoms in total. The van der Waals surface area contributed by atoms with Crippen molar-refractivity contribution >= 4 is 11.8 Å². The van der Waals surface area contributed by atoms with Gasteiger partial charge in [0, 0.05) is 18.5 Å². The van der Waals surface area contributed by atoms with E-state index >= 15 is 0 Å². The first-order chi connectivity index (χ1) is 8.13. The molecule has 3 N–H and O–H groups in total. The Kier molecular flexibility index (Phi) is 5.16. The van der Waals surface area contributed by atoms with E-state index in [1.165, 1.54) is 0 Å². The van der Waals surface area contributed by atoms with Gasteiger partial charge in [-0.25, -0.2) is 5.48 Å². The maximum absolute atomic E-state index is 11.6. The lowest BCUT2D eigenvalue weighted by Gasteiger charge is -2.11. The average Bonchev–Trinajstić information content (AvgIpc) is 2.36. The van der Waals surface area contributed by atoms with E-state index in [4.69, 9.17) is 5.21 Å². The summed E-state index contributed by atoms with van der Waals surface area (Å²) in [4.78, 5) is 22.5. The maximum atomic E-state index is 11.6. The van der Waals surface area contributed by atoms with Crippen LogP contribution in [0.15, 0.2) is 30.3 Å². The monoisotopic (exact) mass is 236 g/mol. The predicted octanol–water partition coefficient (Wildman–Crippen LogP) is 0.948. The van der Waals surface area contributed by atoms with E-state index in [1.54, 1.807) is 29.7 Å². The molecule has 0 spiro atoms. The number of hydroxylamine groups is 1. The molecule has 0 radical (unpaired) electrons. The zero-order chi connectivity index (χ0) is 12.7. The number of rotatable bonds is 5. The number of benzene rings is 1. The summed E-state index contributed by atoms with van der Waals surface area (Å²) in [6.07, 6.45) is 0.172. The highest BCUT2D eigenvalue weighted by Gasteiger charge is 2.10. The zero-order valence-corrected chi connectivity index (χ0v) is 9.64. The Morgan fingerprint density at radius 3 is 2.53 bits per heavy atom. The van der Waals surface area contributed by atoms with Crippen molar-refractivity contribution in [3.63, 3.8) is 0 Å². The van der Waals surface area contributed by atoms with Gasteiger partial charge in [0.05, 0.1) is 0 Å². The van der Waals surface area contributed by atoms with Gasteiger partial charge in [-0.2, -0.15) is 0 Å². The smallest absolute Gasteiger partial charge is 0.251 e. The first-order valence-corrected chi connectivity index (χ1v) is 5.39. The molecule has 1 aromatic carbocycles.